The summed E-state index contributed by atoms with van der Waals surface area (Å²) >= 11 is 0. The molecule has 5 heterocycles. The van der Waals surface area contributed by atoms with Gasteiger partial charge in [0.25, 0.3) is 17.4 Å². The van der Waals surface area contributed by atoms with Gasteiger partial charge in [0.1, 0.15) is 25.2 Å². The second-order valence-electron chi connectivity index (χ2n) is 20.7. The molecule has 2 aromatic carbocycles. The number of aromatic nitrogens is 2. The van der Waals surface area contributed by atoms with Crippen molar-refractivity contribution >= 4 is 64.1 Å². The molecule has 8 amide bonds. The summed E-state index contributed by atoms with van der Waals surface area (Å²) in [5.74, 6) is -5.46. The van der Waals surface area contributed by atoms with Gasteiger partial charge in [0.2, 0.25) is 35.4 Å². The number of unbranched alkanes of at least 4 members (excludes halogenated alkanes) is 2. The number of amides is 8. The number of nitrogens with one attached hydrogen (secondary N) is 6. The molecule has 23 heteroatoms. The van der Waals surface area contributed by atoms with Crippen molar-refractivity contribution in [2.75, 3.05) is 32.9 Å². The Balaban J connectivity index is 0.717. The maximum atomic E-state index is 15.4. The van der Waals surface area contributed by atoms with Crippen LogP contribution in [0.1, 0.15) is 110 Å². The first-order valence-corrected chi connectivity index (χ1v) is 26.6. The lowest BCUT2D eigenvalue weighted by Gasteiger charge is -2.32. The predicted molar refractivity (Wildman–Crippen MR) is 279 cm³/mol. The van der Waals surface area contributed by atoms with Gasteiger partial charge < -0.3 is 51.0 Å². The van der Waals surface area contributed by atoms with E-state index in [9.17, 15) is 53.1 Å². The molecule has 3 aliphatic heterocycles. The first-order chi connectivity index (χ1) is 37.9. The summed E-state index contributed by atoms with van der Waals surface area (Å²) in [4.78, 5) is 134. The Morgan fingerprint density at radius 1 is 0.835 bits per heavy atom. The van der Waals surface area contributed by atoms with Gasteiger partial charge in [-0.2, -0.15) is 0 Å². The number of hydrogen-bond donors (Lipinski definition) is 7. The number of nitrogens with zero attached hydrogens (tertiary/aromatic N) is 3. The van der Waals surface area contributed by atoms with Gasteiger partial charge in [0.05, 0.1) is 60.8 Å². The minimum Gasteiger partial charge on any atom is -0.458 e. The molecule has 22 nitrogen and oxygen atoms in total. The number of carbonyl (C=O) groups is 9. The van der Waals surface area contributed by atoms with Crippen LogP contribution in [0.25, 0.3) is 22.3 Å². The van der Waals surface area contributed by atoms with E-state index in [1.165, 1.54) is 29.7 Å². The van der Waals surface area contributed by atoms with Crippen LogP contribution in [0.15, 0.2) is 59.4 Å². The summed E-state index contributed by atoms with van der Waals surface area (Å²) in [6, 6.07) is 10.2. The van der Waals surface area contributed by atoms with Crippen molar-refractivity contribution in [1.82, 2.24) is 46.4 Å². The Morgan fingerprint density at radius 3 is 2.28 bits per heavy atom. The number of benzene rings is 2. The smallest absolute Gasteiger partial charge is 0.342 e. The molecule has 2 aliphatic carbocycles. The number of esters is 1. The number of halogens is 1. The zero-order chi connectivity index (χ0) is 56.1. The van der Waals surface area contributed by atoms with Crippen molar-refractivity contribution in [3.63, 3.8) is 0 Å². The van der Waals surface area contributed by atoms with Crippen molar-refractivity contribution in [3.8, 4) is 11.4 Å². The molecule has 5 aliphatic rings. The number of aliphatic hydroxyl groups is 1. The fourth-order valence-corrected chi connectivity index (χ4v) is 11.0. The molecular formula is C56H62FN9O13. The summed E-state index contributed by atoms with van der Waals surface area (Å²) in [7, 11) is 0. The minimum atomic E-state index is -2.07. The Morgan fingerprint density at radius 2 is 1.53 bits per heavy atom. The van der Waals surface area contributed by atoms with Crippen LogP contribution in [-0.2, 0) is 84.2 Å². The minimum absolute atomic E-state index is 0.0756. The first-order valence-electron chi connectivity index (χ1n) is 26.6. The van der Waals surface area contributed by atoms with E-state index < -0.39 is 71.7 Å². The molecule has 0 bridgehead atoms. The molecule has 79 heavy (non-hydrogen) atoms. The third-order valence-corrected chi connectivity index (χ3v) is 15.4. The van der Waals surface area contributed by atoms with E-state index in [-0.39, 0.29) is 92.6 Å². The molecule has 3 atom stereocenters. The van der Waals surface area contributed by atoms with E-state index in [1.54, 1.807) is 43.3 Å². The SMILES string of the molecule is Cc1c(F)cc2nc3c(c4c2c1CC[C@@H]4NC(=O)C1CCC(OCNC(=O)CNC(=O)[C@H](Cc2ccccc2)NC(=O)CNC(=O)CNC(=O)CCCCCN2C(=O)C=CC2=O)CC1)Cn1c-3cc2c(c1=O)COC(=O)[C@@]2(C)O. The number of fused-ring (bicyclic) bond motifs is 5. The number of imide groups is 1. The van der Waals surface area contributed by atoms with E-state index in [0.29, 0.717) is 85.8 Å². The van der Waals surface area contributed by atoms with Gasteiger partial charge in [-0.1, -0.05) is 36.8 Å². The number of aryl methyl sites for hydroxylation is 1. The first kappa shape index (κ1) is 55.6. The topological polar surface area (TPSA) is 303 Å². The zero-order valence-electron chi connectivity index (χ0n) is 43.8. The summed E-state index contributed by atoms with van der Waals surface area (Å²) in [5, 5.41) is 27.8. The number of rotatable bonds is 21. The van der Waals surface area contributed by atoms with Crippen molar-refractivity contribution in [1.29, 1.82) is 0 Å². The predicted octanol–water partition coefficient (Wildman–Crippen LogP) is 1.45. The van der Waals surface area contributed by atoms with Crippen LogP contribution in [0, 0.1) is 18.7 Å². The molecule has 2 aromatic heterocycles. The number of pyridine rings is 2. The van der Waals surface area contributed by atoms with E-state index in [4.69, 9.17) is 14.5 Å². The second-order valence-corrected chi connectivity index (χ2v) is 20.7. The normalized spacial score (nSPS) is 20.1. The molecule has 1 saturated carbocycles. The summed E-state index contributed by atoms with van der Waals surface area (Å²) < 4.78 is 28.1. The van der Waals surface area contributed by atoms with E-state index in [0.717, 1.165) is 27.0 Å². The largest absolute Gasteiger partial charge is 0.458 e. The number of carbonyl (C=O) groups excluding carboxylic acids is 9. The summed E-state index contributed by atoms with van der Waals surface area (Å²) in [5.41, 5.74) is 2.38. The summed E-state index contributed by atoms with van der Waals surface area (Å²) in [6.07, 6.45) is 6.92. The molecule has 7 N–H and O–H groups in total. The number of ether oxygens (including phenoxy) is 2. The highest BCUT2D eigenvalue weighted by Gasteiger charge is 2.44. The maximum Gasteiger partial charge on any atom is 0.342 e. The fourth-order valence-electron chi connectivity index (χ4n) is 11.0. The van der Waals surface area contributed by atoms with Crippen LogP contribution < -0.4 is 37.5 Å². The zero-order valence-corrected chi connectivity index (χ0v) is 43.8. The quantitative estimate of drug-likeness (QED) is 0.0237. The van der Waals surface area contributed by atoms with E-state index in [1.807, 2.05) is 0 Å². The third kappa shape index (κ3) is 12.3. The van der Waals surface area contributed by atoms with E-state index >= 15 is 4.39 Å². The third-order valence-electron chi connectivity index (χ3n) is 15.4. The van der Waals surface area contributed by atoms with Crippen molar-refractivity contribution < 1.29 is 62.1 Å². The second kappa shape index (κ2) is 23.8. The van der Waals surface area contributed by atoms with Crippen LogP contribution in [-0.4, -0.2) is 118 Å². The van der Waals surface area contributed by atoms with Crippen LogP contribution >= 0.6 is 0 Å². The molecule has 9 rings (SSSR count). The van der Waals surface area contributed by atoms with Crippen molar-refractivity contribution in [3.05, 3.63) is 110 Å². The molecular weight excluding hydrogens is 1030 g/mol. The van der Waals surface area contributed by atoms with Crippen LogP contribution in [0.5, 0.6) is 0 Å². The molecule has 0 unspecified atom stereocenters. The van der Waals surface area contributed by atoms with Crippen LogP contribution in [0.4, 0.5) is 4.39 Å². The lowest BCUT2D eigenvalue weighted by Crippen LogP contribution is -2.52. The van der Waals surface area contributed by atoms with E-state index in [2.05, 4.69) is 31.9 Å². The Kier molecular flexibility index (Phi) is 16.8. The monoisotopic (exact) mass is 1090 g/mol. The number of hydrogen-bond acceptors (Lipinski definition) is 14. The van der Waals surface area contributed by atoms with Crippen molar-refractivity contribution in [2.24, 2.45) is 5.92 Å². The standard InChI is InChI=1S/C56H62FN9O13/c1-30-34-16-17-39(50-35-27-66-42(51(35)63-40(49(34)50)23-38(30)57)22-37-36(54(66)75)28-78-55(76)56(37,2)77)64-52(73)32-12-14-33(15-13-32)79-29-61-45(69)25-60-53(74)41(21-31-9-5-3-6-10-31)62-46(70)26-59-44(68)24-58-43(67)11-7-4-8-20-65-47(71)18-19-48(65)72/h3,5-6,9-10,18-19,22-23,32-33,39,41,77H,4,7-8,11-17,20-21,24-29H2,1-2H3,(H,58,67)(H,59,68)(H,60,74)(H,61,69)(H,62,70)(H,64,73)/t32?,33?,39-,41-,56-/m0/s1. The average Bonchev–Trinajstić information content (AvgIpc) is 4.12. The maximum absolute atomic E-state index is 15.4. The Bertz CT molecular complexity index is 3220. The number of cyclic esters (lactones) is 1. The molecule has 0 saturated heterocycles. The van der Waals surface area contributed by atoms with Gasteiger partial charge >= 0.3 is 5.97 Å². The molecule has 0 radical (unpaired) electrons. The molecule has 4 aromatic rings. The Hall–Kier alpha value is -8.18. The average molecular weight is 1090 g/mol. The lowest BCUT2D eigenvalue weighted by atomic mass is 9.81. The highest BCUT2D eigenvalue weighted by molar-refractivity contribution is 6.12. The van der Waals surface area contributed by atoms with Gasteiger partial charge in [0, 0.05) is 60.0 Å². The Labute approximate surface area is 452 Å². The van der Waals surface area contributed by atoms with Crippen molar-refractivity contribution in [2.45, 2.75) is 121 Å². The highest BCUT2D eigenvalue weighted by Crippen LogP contribution is 2.46. The molecule has 416 valence electrons. The highest BCUT2D eigenvalue weighted by atomic mass is 19.1. The van der Waals surface area contributed by atoms with Gasteiger partial charge in [0.15, 0.2) is 5.60 Å². The lowest BCUT2D eigenvalue weighted by molar-refractivity contribution is -0.169. The van der Waals surface area contributed by atoms with Gasteiger partial charge in [-0.3, -0.25) is 48.1 Å². The molecule has 1 fully saturated rings. The van der Waals surface area contributed by atoms with Gasteiger partial charge in [-0.25, -0.2) is 14.2 Å². The van der Waals surface area contributed by atoms with Gasteiger partial charge in [-0.15, -0.1) is 0 Å². The fraction of sp³-hybridized carbons (Fsp3) is 0.446. The summed E-state index contributed by atoms with van der Waals surface area (Å²) in [6.45, 7) is 1.59. The molecule has 0 spiro atoms. The van der Waals surface area contributed by atoms with Crippen LogP contribution in [0.2, 0.25) is 0 Å². The van der Waals surface area contributed by atoms with Gasteiger partial charge in [-0.05, 0) is 93.5 Å². The van der Waals surface area contributed by atoms with Crippen LogP contribution in [0.3, 0.4) is 0 Å².